The maximum Gasteiger partial charge on any atom is 0.307 e. The third kappa shape index (κ3) is 14.1. The molecule has 0 unspecified atom stereocenters. The fourth-order valence-electron chi connectivity index (χ4n) is 1.65. The summed E-state index contributed by atoms with van der Waals surface area (Å²) in [5.74, 6) is -2.54. The van der Waals surface area contributed by atoms with Gasteiger partial charge in [-0.05, 0) is 16.7 Å². The molecule has 0 fully saturated rings. The van der Waals surface area contributed by atoms with Gasteiger partial charge < -0.3 is 25.4 Å². The largest absolute Gasteiger partial charge is 0.481 e. The van der Waals surface area contributed by atoms with Gasteiger partial charge in [0.2, 0.25) is 11.8 Å². The average molecular weight is 444 g/mol. The zero-order valence-electron chi connectivity index (χ0n) is 14.7. The van der Waals surface area contributed by atoms with E-state index in [1.165, 1.54) is 45.3 Å². The van der Waals surface area contributed by atoms with Gasteiger partial charge in [0, 0.05) is 31.4 Å². The van der Waals surface area contributed by atoms with Crippen molar-refractivity contribution in [1.82, 2.24) is 10.6 Å². The van der Waals surface area contributed by atoms with Crippen LogP contribution in [0.5, 0.6) is 0 Å². The molecule has 0 bridgehead atoms. The third-order valence-corrected chi connectivity index (χ3v) is 7.10. The maximum absolute atomic E-state index is 12.0. The summed E-state index contributed by atoms with van der Waals surface area (Å²) in [6.45, 7) is 2.18. The van der Waals surface area contributed by atoms with E-state index in [-0.39, 0.29) is 36.9 Å². The Morgan fingerprint density at radius 3 is 2.33 bits per heavy atom. The van der Waals surface area contributed by atoms with E-state index in [0.29, 0.717) is 0 Å². The van der Waals surface area contributed by atoms with Crippen molar-refractivity contribution in [2.75, 3.05) is 24.7 Å². The fourth-order valence-corrected chi connectivity index (χ4v) is 5.68. The van der Waals surface area contributed by atoms with Crippen LogP contribution in [0.2, 0.25) is 0 Å². The summed E-state index contributed by atoms with van der Waals surface area (Å²) in [6.07, 6.45) is -0.0449. The molecule has 0 spiro atoms. The summed E-state index contributed by atoms with van der Waals surface area (Å²) in [4.78, 5) is 59.4. The van der Waals surface area contributed by atoms with Crippen LogP contribution in [-0.4, -0.2) is 64.5 Å². The summed E-state index contributed by atoms with van der Waals surface area (Å²) in [7, 11) is 3.72. The maximum atomic E-state index is 12.0. The summed E-state index contributed by atoms with van der Waals surface area (Å²) in [5.41, 5.74) is 0. The molecule has 11 nitrogen and oxygen atoms in total. The molecule has 0 saturated heterocycles. The van der Waals surface area contributed by atoms with Crippen LogP contribution in [0.1, 0.15) is 20.3 Å². The van der Waals surface area contributed by atoms with E-state index in [1.807, 2.05) is 0 Å². The van der Waals surface area contributed by atoms with E-state index in [1.54, 1.807) is 0 Å². The second kappa shape index (κ2) is 14.4. The van der Waals surface area contributed by atoms with E-state index < -0.39 is 34.8 Å². The first-order chi connectivity index (χ1) is 12.6. The van der Waals surface area contributed by atoms with Gasteiger partial charge in [0.25, 0.3) is 5.09 Å². The van der Waals surface area contributed by atoms with Crippen LogP contribution in [0.15, 0.2) is 0 Å². The normalized spacial score (nSPS) is 12.5. The van der Waals surface area contributed by atoms with Crippen LogP contribution in [0, 0.1) is 16.0 Å². The first-order valence-electron chi connectivity index (χ1n) is 7.59. The van der Waals surface area contributed by atoms with Gasteiger partial charge in [-0.15, -0.1) is 10.1 Å². The van der Waals surface area contributed by atoms with Crippen LogP contribution in [0.3, 0.4) is 0 Å². The number of nitrogens with one attached hydrogen (secondary N) is 2. The molecule has 0 aromatic rings. The lowest BCUT2D eigenvalue weighted by atomic mass is 10.1. The highest BCUT2D eigenvalue weighted by Gasteiger charge is 2.21. The SMILES string of the molecule is CC(=O)C[C@@H](CSSSC[C@H](NC(C)=O)C(=O)NCCO[N+](=O)[O-])C(=O)O. The van der Waals surface area contributed by atoms with Crippen molar-refractivity contribution >= 4 is 55.0 Å². The lowest BCUT2D eigenvalue weighted by molar-refractivity contribution is -0.757. The number of ketones is 1. The minimum absolute atomic E-state index is 0.0449. The number of carboxylic acids is 1. The number of carbonyl (C=O) groups excluding carboxylic acids is 3. The van der Waals surface area contributed by atoms with Gasteiger partial charge in [0.05, 0.1) is 5.92 Å². The standard InChI is InChI=1S/C13H21N3O8S3/c1-8(17)5-10(13(20)21)6-25-27-26-7-11(15-9(2)18)12(19)14-3-4-24-16(22)23/h10-11H,3-7H2,1-2H3,(H,14,19)(H,15,18)(H,20,21)/t10-,11-/m0/s1. The topological polar surface area (TPSA) is 165 Å². The Labute approximate surface area is 167 Å². The molecule has 0 saturated carbocycles. The van der Waals surface area contributed by atoms with Gasteiger partial charge in [-0.25, -0.2) is 0 Å². The van der Waals surface area contributed by atoms with E-state index in [2.05, 4.69) is 15.5 Å². The summed E-state index contributed by atoms with van der Waals surface area (Å²) >= 11 is 0. The highest BCUT2D eigenvalue weighted by atomic mass is 33.5. The van der Waals surface area contributed by atoms with Crippen molar-refractivity contribution in [1.29, 1.82) is 0 Å². The molecule has 154 valence electrons. The van der Waals surface area contributed by atoms with Crippen molar-refractivity contribution in [3.8, 4) is 0 Å². The third-order valence-electron chi connectivity index (χ3n) is 2.78. The van der Waals surface area contributed by atoms with Crippen molar-refractivity contribution in [3.63, 3.8) is 0 Å². The Morgan fingerprint density at radius 2 is 1.81 bits per heavy atom. The molecule has 0 aliphatic carbocycles. The molecule has 3 N–H and O–H groups in total. The number of Topliss-reactive ketones (excluding diaryl/α,β-unsaturated/α-hetero) is 1. The van der Waals surface area contributed by atoms with Crippen molar-refractivity contribution in [2.45, 2.75) is 26.3 Å². The van der Waals surface area contributed by atoms with E-state index in [9.17, 15) is 29.3 Å². The van der Waals surface area contributed by atoms with Gasteiger partial charge in [-0.3, -0.25) is 14.4 Å². The van der Waals surface area contributed by atoms with Crippen molar-refractivity contribution in [2.24, 2.45) is 5.92 Å². The van der Waals surface area contributed by atoms with Gasteiger partial charge in [-0.1, -0.05) is 21.6 Å². The van der Waals surface area contributed by atoms with Gasteiger partial charge >= 0.3 is 5.97 Å². The summed E-state index contributed by atoms with van der Waals surface area (Å²) in [5, 5.41) is 23.0. The molecule has 0 heterocycles. The van der Waals surface area contributed by atoms with Crippen molar-refractivity contribution in [3.05, 3.63) is 10.1 Å². The van der Waals surface area contributed by atoms with E-state index >= 15 is 0 Å². The number of rotatable bonds is 15. The molecule has 2 atom stereocenters. The predicted molar refractivity (Wildman–Crippen MR) is 102 cm³/mol. The second-order valence-electron chi connectivity index (χ2n) is 5.18. The van der Waals surface area contributed by atoms with Crippen LogP contribution in [0.25, 0.3) is 0 Å². The number of amides is 2. The molecule has 27 heavy (non-hydrogen) atoms. The molecule has 0 aromatic carbocycles. The molecule has 0 aliphatic rings. The number of aliphatic carboxylic acids is 1. The average Bonchev–Trinajstić information content (AvgIpc) is 2.55. The highest BCUT2D eigenvalue weighted by molar-refractivity contribution is 9.09. The van der Waals surface area contributed by atoms with Crippen LogP contribution in [-0.2, 0) is 24.0 Å². The molecule has 0 radical (unpaired) electrons. The fraction of sp³-hybridized carbons (Fsp3) is 0.692. The Kier molecular flexibility index (Phi) is 13.5. The molecular formula is C13H21N3O8S3. The zero-order valence-corrected chi connectivity index (χ0v) is 17.1. The lowest BCUT2D eigenvalue weighted by Crippen LogP contribution is -2.48. The van der Waals surface area contributed by atoms with Crippen molar-refractivity contribution < 1.29 is 34.2 Å². The number of carboxylic acid groups (broad SMARTS) is 1. The highest BCUT2D eigenvalue weighted by Crippen LogP contribution is 2.36. The first kappa shape index (κ1) is 25.3. The summed E-state index contributed by atoms with van der Waals surface area (Å²) < 4.78 is 0. The Bertz CT molecular complexity index is 549. The molecular weight excluding hydrogens is 422 g/mol. The minimum atomic E-state index is -1.05. The quantitative estimate of drug-likeness (QED) is 0.140. The van der Waals surface area contributed by atoms with Crippen LogP contribution in [0.4, 0.5) is 0 Å². The second-order valence-corrected chi connectivity index (χ2v) is 9.50. The van der Waals surface area contributed by atoms with E-state index in [0.717, 1.165) is 0 Å². The van der Waals surface area contributed by atoms with Crippen LogP contribution >= 0.6 is 31.4 Å². The zero-order chi connectivity index (χ0) is 20.8. The first-order valence-corrected chi connectivity index (χ1v) is 11.4. The number of hydrogen-bond acceptors (Lipinski definition) is 10. The smallest absolute Gasteiger partial charge is 0.307 e. The van der Waals surface area contributed by atoms with Gasteiger partial charge in [0.15, 0.2) is 0 Å². The van der Waals surface area contributed by atoms with E-state index in [4.69, 9.17) is 5.11 Å². The monoisotopic (exact) mass is 443 g/mol. The molecule has 0 aromatic heterocycles. The Balaban J connectivity index is 4.27. The molecule has 0 rings (SSSR count). The molecule has 14 heteroatoms. The minimum Gasteiger partial charge on any atom is -0.481 e. The van der Waals surface area contributed by atoms with Crippen LogP contribution < -0.4 is 10.6 Å². The molecule has 0 aliphatic heterocycles. The Hall–Kier alpha value is -1.67. The van der Waals surface area contributed by atoms with Gasteiger partial charge in [-0.2, -0.15) is 0 Å². The number of hydrogen-bond donors (Lipinski definition) is 3. The predicted octanol–water partition coefficient (Wildman–Crippen LogP) is 0.525. The van der Waals surface area contributed by atoms with Gasteiger partial charge in [0.1, 0.15) is 18.4 Å². The number of nitrogens with zero attached hydrogens (tertiary/aromatic N) is 1. The summed E-state index contributed by atoms with van der Waals surface area (Å²) in [6, 6.07) is -0.858. The number of carbonyl (C=O) groups is 4. The lowest BCUT2D eigenvalue weighted by Gasteiger charge is -2.17. The Morgan fingerprint density at radius 1 is 1.19 bits per heavy atom. The molecule has 2 amide bonds.